The van der Waals surface area contributed by atoms with E-state index in [0.29, 0.717) is 34.9 Å². The van der Waals surface area contributed by atoms with E-state index in [9.17, 15) is 18.0 Å². The lowest BCUT2D eigenvalue weighted by molar-refractivity contribution is -0.137. The van der Waals surface area contributed by atoms with Gasteiger partial charge in [-0.25, -0.2) is 4.98 Å². The monoisotopic (exact) mass is 412 g/mol. The number of hydrogen-bond acceptors (Lipinski definition) is 5. The van der Waals surface area contributed by atoms with E-state index in [-0.39, 0.29) is 5.69 Å². The van der Waals surface area contributed by atoms with Crippen LogP contribution in [0.15, 0.2) is 60.8 Å². The van der Waals surface area contributed by atoms with Gasteiger partial charge < -0.3 is 14.6 Å². The van der Waals surface area contributed by atoms with Crippen LogP contribution in [0, 0.1) is 0 Å². The van der Waals surface area contributed by atoms with Crippen molar-refractivity contribution >= 4 is 29.0 Å². The summed E-state index contributed by atoms with van der Waals surface area (Å²) >= 11 is 0. The molecule has 2 aromatic heterocycles. The number of alkyl halides is 3. The molecule has 4 rings (SSSR count). The molecule has 30 heavy (non-hydrogen) atoms. The Balaban J connectivity index is 1.58. The maximum absolute atomic E-state index is 12.7. The molecule has 0 unspecified atom stereocenters. The fraction of sp³-hybridized carbons (Fsp3) is 0.0952. The number of ether oxygens (including phenoxy) is 1. The normalized spacial score (nSPS) is 11.5. The highest BCUT2D eigenvalue weighted by Gasteiger charge is 2.30. The number of anilines is 2. The van der Waals surface area contributed by atoms with Crippen LogP contribution in [-0.4, -0.2) is 20.8 Å². The molecular weight excluding hydrogens is 397 g/mol. The molecule has 0 spiro atoms. The first kappa shape index (κ1) is 19.4. The van der Waals surface area contributed by atoms with Crippen LogP contribution in [0.1, 0.15) is 16.1 Å². The summed E-state index contributed by atoms with van der Waals surface area (Å²) in [6, 6.07) is 13.2. The van der Waals surface area contributed by atoms with E-state index in [2.05, 4.69) is 15.3 Å². The number of aromatic nitrogens is 3. The highest BCUT2D eigenvalue weighted by molar-refractivity contribution is 5.81. The first-order valence-corrected chi connectivity index (χ1v) is 8.83. The molecule has 152 valence electrons. The molecule has 1 N–H and O–H groups in total. The number of fused-ring (bicyclic) bond motifs is 1. The molecule has 0 bridgehead atoms. The Kier molecular flexibility index (Phi) is 4.86. The number of carbonyl (C=O) groups excluding carboxylic acids is 1. The largest absolute Gasteiger partial charge is 0.457 e. The van der Waals surface area contributed by atoms with Gasteiger partial charge in [0.05, 0.1) is 16.6 Å². The molecule has 0 radical (unpaired) electrons. The Hall–Kier alpha value is -3.88. The molecule has 0 aliphatic carbocycles. The predicted octanol–water partition coefficient (Wildman–Crippen LogP) is 5.34. The van der Waals surface area contributed by atoms with Crippen molar-refractivity contribution in [1.82, 2.24) is 14.5 Å². The number of pyridine rings is 1. The average Bonchev–Trinajstić information content (AvgIpc) is 3.02. The van der Waals surface area contributed by atoms with Crippen molar-refractivity contribution in [2.24, 2.45) is 7.05 Å². The van der Waals surface area contributed by atoms with Crippen molar-refractivity contribution in [3.05, 3.63) is 72.1 Å². The summed E-state index contributed by atoms with van der Waals surface area (Å²) in [6.07, 6.45) is -2.27. The van der Waals surface area contributed by atoms with Gasteiger partial charge in [-0.2, -0.15) is 13.2 Å². The van der Waals surface area contributed by atoms with E-state index >= 15 is 0 Å². The summed E-state index contributed by atoms with van der Waals surface area (Å²) in [4.78, 5) is 19.2. The van der Waals surface area contributed by atoms with E-state index in [0.717, 1.165) is 17.6 Å². The molecule has 0 amide bonds. The molecule has 0 aliphatic rings. The van der Waals surface area contributed by atoms with Gasteiger partial charge in [0.1, 0.15) is 17.2 Å². The number of hydrogen-bond donors (Lipinski definition) is 1. The van der Waals surface area contributed by atoms with Crippen LogP contribution in [0.3, 0.4) is 0 Å². The number of benzene rings is 2. The van der Waals surface area contributed by atoms with E-state index < -0.39 is 11.7 Å². The molecule has 0 saturated heterocycles. The lowest BCUT2D eigenvalue weighted by atomic mass is 10.2. The molecule has 2 heterocycles. The van der Waals surface area contributed by atoms with Gasteiger partial charge >= 0.3 is 6.18 Å². The zero-order valence-corrected chi connectivity index (χ0v) is 15.6. The molecular formula is C21H15F3N4O2. The zero-order valence-electron chi connectivity index (χ0n) is 15.6. The van der Waals surface area contributed by atoms with Gasteiger partial charge in [0, 0.05) is 31.1 Å². The summed E-state index contributed by atoms with van der Waals surface area (Å²) in [7, 11) is 1.79. The second-order valence-electron chi connectivity index (χ2n) is 6.48. The number of carbonyl (C=O) groups is 1. The highest BCUT2D eigenvalue weighted by Crippen LogP contribution is 2.31. The number of rotatable bonds is 5. The van der Waals surface area contributed by atoms with E-state index in [1.807, 2.05) is 6.07 Å². The predicted molar refractivity (Wildman–Crippen MR) is 105 cm³/mol. The van der Waals surface area contributed by atoms with Crippen molar-refractivity contribution < 1.29 is 22.7 Å². The van der Waals surface area contributed by atoms with Crippen molar-refractivity contribution in [2.45, 2.75) is 6.18 Å². The number of nitrogens with one attached hydrogen (secondary N) is 1. The van der Waals surface area contributed by atoms with Crippen LogP contribution in [-0.2, 0) is 13.2 Å². The summed E-state index contributed by atoms with van der Waals surface area (Å²) in [5, 5.41) is 3.02. The SMILES string of the molecule is Cn1c(Nc2ccc(C(F)(F)F)cc2)nc2cc(Oc3ccnc(C=O)c3)ccc21. The van der Waals surface area contributed by atoms with Crippen LogP contribution in [0.2, 0.25) is 0 Å². The molecule has 0 aliphatic heterocycles. The molecule has 4 aromatic rings. The maximum atomic E-state index is 12.7. The van der Waals surface area contributed by atoms with Gasteiger partial charge in [-0.3, -0.25) is 9.78 Å². The summed E-state index contributed by atoms with van der Waals surface area (Å²) in [5.41, 5.74) is 1.47. The van der Waals surface area contributed by atoms with Crippen LogP contribution in [0.4, 0.5) is 24.8 Å². The number of aryl methyl sites for hydroxylation is 1. The van der Waals surface area contributed by atoms with E-state index in [1.165, 1.54) is 24.4 Å². The minimum atomic E-state index is -4.38. The quantitative estimate of drug-likeness (QED) is 0.449. The minimum Gasteiger partial charge on any atom is -0.457 e. The Morgan fingerprint density at radius 3 is 2.47 bits per heavy atom. The molecule has 0 saturated carbocycles. The number of aldehydes is 1. The Labute approximate surface area is 169 Å². The van der Waals surface area contributed by atoms with Crippen LogP contribution < -0.4 is 10.1 Å². The third kappa shape index (κ3) is 3.95. The smallest absolute Gasteiger partial charge is 0.416 e. The number of nitrogens with zero attached hydrogens (tertiary/aromatic N) is 3. The first-order chi connectivity index (χ1) is 14.3. The number of halogens is 3. The van der Waals surface area contributed by atoms with Gasteiger partial charge in [0.25, 0.3) is 0 Å². The van der Waals surface area contributed by atoms with Gasteiger partial charge in [-0.15, -0.1) is 0 Å². The van der Waals surface area contributed by atoms with E-state index in [4.69, 9.17) is 4.74 Å². The third-order valence-corrected chi connectivity index (χ3v) is 4.43. The van der Waals surface area contributed by atoms with Crippen LogP contribution in [0.25, 0.3) is 11.0 Å². The lowest BCUT2D eigenvalue weighted by Gasteiger charge is -2.09. The lowest BCUT2D eigenvalue weighted by Crippen LogP contribution is -2.05. The molecule has 0 atom stereocenters. The fourth-order valence-corrected chi connectivity index (χ4v) is 2.92. The molecule has 2 aromatic carbocycles. The standard InChI is InChI=1S/C21H15F3N4O2/c1-28-19-7-6-16(30-17-8-9-25-15(10-17)12-29)11-18(19)27-20(28)26-14-4-2-13(3-5-14)21(22,23)24/h2-12H,1H3,(H,26,27). The zero-order chi connectivity index (χ0) is 21.3. The second kappa shape index (κ2) is 7.51. The van der Waals surface area contributed by atoms with Crippen LogP contribution >= 0.6 is 0 Å². The molecule has 0 fully saturated rings. The van der Waals surface area contributed by atoms with Crippen LogP contribution in [0.5, 0.6) is 11.5 Å². The summed E-state index contributed by atoms with van der Waals surface area (Å²) in [5.74, 6) is 1.45. The second-order valence-corrected chi connectivity index (χ2v) is 6.48. The van der Waals surface area contributed by atoms with Crippen molar-refractivity contribution in [2.75, 3.05) is 5.32 Å². The van der Waals surface area contributed by atoms with Gasteiger partial charge in [0.2, 0.25) is 5.95 Å². The minimum absolute atomic E-state index is 0.259. The van der Waals surface area contributed by atoms with Gasteiger partial charge in [-0.05, 0) is 42.5 Å². The number of imidazole rings is 1. The Morgan fingerprint density at radius 1 is 1.03 bits per heavy atom. The topological polar surface area (TPSA) is 69.0 Å². The molecule has 9 heteroatoms. The van der Waals surface area contributed by atoms with Gasteiger partial charge in [0.15, 0.2) is 6.29 Å². The summed E-state index contributed by atoms with van der Waals surface area (Å²) in [6.45, 7) is 0. The summed E-state index contributed by atoms with van der Waals surface area (Å²) < 4.78 is 45.7. The maximum Gasteiger partial charge on any atom is 0.416 e. The van der Waals surface area contributed by atoms with Crippen molar-refractivity contribution in [3.8, 4) is 11.5 Å². The van der Waals surface area contributed by atoms with Crippen molar-refractivity contribution in [1.29, 1.82) is 0 Å². The third-order valence-electron chi connectivity index (χ3n) is 4.43. The Morgan fingerprint density at radius 2 is 1.77 bits per heavy atom. The van der Waals surface area contributed by atoms with Crippen molar-refractivity contribution in [3.63, 3.8) is 0 Å². The van der Waals surface area contributed by atoms with E-state index in [1.54, 1.807) is 29.8 Å². The molecule has 6 nitrogen and oxygen atoms in total. The highest BCUT2D eigenvalue weighted by atomic mass is 19.4. The first-order valence-electron chi connectivity index (χ1n) is 8.83. The Bertz CT molecular complexity index is 1220. The van der Waals surface area contributed by atoms with Gasteiger partial charge in [-0.1, -0.05) is 0 Å². The fourth-order valence-electron chi connectivity index (χ4n) is 2.92. The average molecular weight is 412 g/mol.